The summed E-state index contributed by atoms with van der Waals surface area (Å²) in [6.45, 7) is 15.2. The van der Waals surface area contributed by atoms with E-state index in [1.165, 1.54) is 0 Å². The minimum absolute atomic E-state index is 0.0396. The molecule has 0 bridgehead atoms. The van der Waals surface area contributed by atoms with Crippen molar-refractivity contribution >= 4 is 48.2 Å². The monoisotopic (exact) mass is 631 g/mol. The van der Waals surface area contributed by atoms with Gasteiger partial charge in [-0.3, -0.25) is 9.69 Å². The minimum Gasteiger partial charge on any atom is -0.447 e. The van der Waals surface area contributed by atoms with Crippen molar-refractivity contribution in [3.05, 3.63) is 26.8 Å². The Labute approximate surface area is 228 Å². The van der Waals surface area contributed by atoms with Gasteiger partial charge in [-0.15, -0.1) is 0 Å². The predicted octanol–water partition coefficient (Wildman–Crippen LogP) is 5.20. The van der Waals surface area contributed by atoms with Gasteiger partial charge < -0.3 is 24.1 Å². The first-order valence-corrected chi connectivity index (χ1v) is 17.3. The van der Waals surface area contributed by atoms with Gasteiger partial charge in [-0.25, -0.2) is 4.79 Å². The van der Waals surface area contributed by atoms with Crippen LogP contribution in [0.2, 0.25) is 25.7 Å². The van der Waals surface area contributed by atoms with E-state index in [9.17, 15) is 14.7 Å². The molecule has 0 aliphatic carbocycles. The molecule has 3 heterocycles. The Morgan fingerprint density at radius 2 is 1.92 bits per heavy atom. The molecule has 0 unspecified atom stereocenters. The maximum absolute atomic E-state index is 13.3. The molecule has 1 amide bonds. The van der Waals surface area contributed by atoms with Gasteiger partial charge in [0.2, 0.25) is 0 Å². The second-order valence-electron chi connectivity index (χ2n) is 12.4. The lowest BCUT2D eigenvalue weighted by Crippen LogP contribution is -2.54. The van der Waals surface area contributed by atoms with Crippen LogP contribution in [0.25, 0.3) is 0 Å². The number of cyclic esters (lactones) is 1. The molecule has 0 saturated carbocycles. The molecule has 4 atom stereocenters. The maximum atomic E-state index is 13.3. The fourth-order valence-electron chi connectivity index (χ4n) is 5.74. The molecule has 0 spiro atoms. The summed E-state index contributed by atoms with van der Waals surface area (Å²) < 4.78 is 24.5. The zero-order chi connectivity index (χ0) is 26.6. The Hall–Kier alpha value is -1.05. The van der Waals surface area contributed by atoms with Crippen molar-refractivity contribution in [3.8, 4) is 0 Å². The first-order valence-electron chi connectivity index (χ1n) is 12.5. The lowest BCUT2D eigenvalue weighted by molar-refractivity contribution is -0.203. The van der Waals surface area contributed by atoms with Crippen LogP contribution in [-0.4, -0.2) is 62.3 Å². The number of aliphatic hydroxyl groups excluding tert-OH is 1. The fraction of sp³-hybridized carbons (Fsp3) is 0.692. The molecule has 10 heteroatoms. The van der Waals surface area contributed by atoms with Crippen molar-refractivity contribution in [2.24, 2.45) is 5.92 Å². The molecule has 8 nitrogen and oxygen atoms in total. The number of carbonyl (C=O) groups is 2. The van der Waals surface area contributed by atoms with Crippen LogP contribution in [0.15, 0.2) is 12.1 Å². The molecule has 36 heavy (non-hydrogen) atoms. The number of ketones is 1. The van der Waals surface area contributed by atoms with Gasteiger partial charge in [-0.1, -0.05) is 19.6 Å². The minimum atomic E-state index is -1.24. The number of rotatable bonds is 8. The summed E-state index contributed by atoms with van der Waals surface area (Å²) in [7, 11) is -1.24. The largest absolute Gasteiger partial charge is 0.447 e. The maximum Gasteiger partial charge on any atom is 0.414 e. The normalized spacial score (nSPS) is 27.6. The Balaban J connectivity index is 1.67. The van der Waals surface area contributed by atoms with Gasteiger partial charge in [-0.05, 0) is 68.5 Å². The fourth-order valence-corrected chi connectivity index (χ4v) is 7.29. The zero-order valence-electron chi connectivity index (χ0n) is 22.2. The molecule has 2 fully saturated rings. The highest BCUT2D eigenvalue weighted by atomic mass is 127. The molecule has 200 valence electrons. The molecule has 1 N–H and O–H groups in total. The first-order chi connectivity index (χ1) is 16.6. The van der Waals surface area contributed by atoms with Gasteiger partial charge in [0.05, 0.1) is 28.9 Å². The summed E-state index contributed by atoms with van der Waals surface area (Å²) in [5, 5.41) is 11.8. The Morgan fingerprint density at radius 3 is 2.56 bits per heavy atom. The van der Waals surface area contributed by atoms with Crippen LogP contribution in [0.3, 0.4) is 0 Å². The van der Waals surface area contributed by atoms with Crippen LogP contribution in [0.5, 0.6) is 0 Å². The molecule has 0 radical (unpaired) electrons. The first kappa shape index (κ1) is 28.0. The lowest BCUT2D eigenvalue weighted by atomic mass is 9.73. The Bertz CT molecular complexity index is 1040. The topological polar surface area (TPSA) is 94.5 Å². The van der Waals surface area contributed by atoms with Crippen molar-refractivity contribution in [1.82, 2.24) is 0 Å². The van der Waals surface area contributed by atoms with Crippen LogP contribution < -0.4 is 4.90 Å². The Kier molecular flexibility index (Phi) is 7.71. The van der Waals surface area contributed by atoms with Crippen molar-refractivity contribution in [2.75, 3.05) is 24.9 Å². The third-order valence-electron chi connectivity index (χ3n) is 7.18. The van der Waals surface area contributed by atoms with Gasteiger partial charge >= 0.3 is 6.09 Å². The average Bonchev–Trinajstić information content (AvgIpc) is 3.22. The molecular weight excluding hydrogens is 593 g/mol. The number of Topliss-reactive ketones (excluding diaryl/α,β-unsaturated/α-hetero) is 1. The van der Waals surface area contributed by atoms with E-state index in [0.29, 0.717) is 17.9 Å². The summed E-state index contributed by atoms with van der Waals surface area (Å²) in [4.78, 5) is 27.6. The SMILES string of the molecule is CC1(C)CC(=O)[C@H]([C@H](O)c2c(I)ccc3c2[C@@H](OCOCC[Si](C)(C)C)[C@@H]2COC(=O)N32)C(C)(C)O1. The summed E-state index contributed by atoms with van der Waals surface area (Å²) in [5.41, 5.74) is 0.490. The number of benzene rings is 1. The summed E-state index contributed by atoms with van der Waals surface area (Å²) in [5.74, 6) is -0.802. The number of hydrogen-bond donors (Lipinski definition) is 1. The number of fused-ring (bicyclic) bond motifs is 3. The quantitative estimate of drug-likeness (QED) is 0.183. The van der Waals surface area contributed by atoms with E-state index >= 15 is 0 Å². The van der Waals surface area contributed by atoms with E-state index < -0.39 is 43.5 Å². The van der Waals surface area contributed by atoms with Gasteiger partial charge in [0, 0.05) is 35.8 Å². The Morgan fingerprint density at radius 1 is 1.22 bits per heavy atom. The lowest BCUT2D eigenvalue weighted by Gasteiger charge is -2.47. The van der Waals surface area contributed by atoms with Crippen LogP contribution in [-0.2, 0) is 23.7 Å². The van der Waals surface area contributed by atoms with Crippen LogP contribution in [0.4, 0.5) is 10.5 Å². The van der Waals surface area contributed by atoms with Crippen molar-refractivity contribution in [2.45, 2.75) is 89.3 Å². The number of amides is 1. The van der Waals surface area contributed by atoms with Gasteiger partial charge in [-0.2, -0.15) is 0 Å². The van der Waals surface area contributed by atoms with E-state index in [2.05, 4.69) is 42.2 Å². The highest BCUT2D eigenvalue weighted by Crippen LogP contribution is 2.52. The molecule has 4 rings (SSSR count). The number of anilines is 1. The van der Waals surface area contributed by atoms with Gasteiger partial charge in [0.1, 0.15) is 31.3 Å². The van der Waals surface area contributed by atoms with Crippen molar-refractivity contribution in [3.63, 3.8) is 0 Å². The van der Waals surface area contributed by atoms with Gasteiger partial charge in [0.15, 0.2) is 0 Å². The molecule has 1 aromatic carbocycles. The standard InChI is InChI=1S/C26H38INO7Si/c1-25(2)12-18(29)21(26(3,4)35-25)22(30)19-15(27)8-9-16-20(19)23(17-13-33-24(31)28(16)17)34-14-32-10-11-36(5,6)7/h8-9,17,21-23,30H,10-14H2,1-7H3/t17-,21+,22+,23-/m0/s1. The van der Waals surface area contributed by atoms with E-state index in [4.69, 9.17) is 18.9 Å². The summed E-state index contributed by atoms with van der Waals surface area (Å²) in [6.07, 6.45) is -1.89. The van der Waals surface area contributed by atoms with E-state index in [0.717, 1.165) is 15.2 Å². The number of halogens is 1. The zero-order valence-corrected chi connectivity index (χ0v) is 25.4. The summed E-state index contributed by atoms with van der Waals surface area (Å²) in [6, 6.07) is 4.38. The van der Waals surface area contributed by atoms with Crippen LogP contribution in [0, 0.1) is 9.49 Å². The van der Waals surface area contributed by atoms with Crippen molar-refractivity contribution in [1.29, 1.82) is 0 Å². The second kappa shape index (κ2) is 9.92. The van der Waals surface area contributed by atoms with Crippen LogP contribution >= 0.6 is 22.6 Å². The van der Waals surface area contributed by atoms with Gasteiger partial charge in [0.25, 0.3) is 0 Å². The highest BCUT2D eigenvalue weighted by Gasteiger charge is 2.54. The number of hydrogen-bond acceptors (Lipinski definition) is 7. The summed E-state index contributed by atoms with van der Waals surface area (Å²) >= 11 is 2.18. The van der Waals surface area contributed by atoms with E-state index in [1.807, 2.05) is 39.8 Å². The third kappa shape index (κ3) is 5.40. The van der Waals surface area contributed by atoms with E-state index in [1.54, 1.807) is 4.90 Å². The number of ether oxygens (including phenoxy) is 4. The smallest absolute Gasteiger partial charge is 0.414 e. The number of carbonyl (C=O) groups excluding carboxylic acids is 2. The van der Waals surface area contributed by atoms with Crippen molar-refractivity contribution < 1.29 is 33.6 Å². The molecule has 1 aromatic rings. The molecule has 0 aromatic heterocycles. The highest BCUT2D eigenvalue weighted by molar-refractivity contribution is 14.1. The average molecular weight is 632 g/mol. The number of nitrogens with zero attached hydrogens (tertiary/aromatic N) is 1. The van der Waals surface area contributed by atoms with E-state index in [-0.39, 0.29) is 31.6 Å². The number of aliphatic hydroxyl groups is 1. The molecule has 2 saturated heterocycles. The molecule has 3 aliphatic rings. The van der Waals surface area contributed by atoms with Crippen LogP contribution in [0.1, 0.15) is 57.5 Å². The molecule has 3 aliphatic heterocycles. The second-order valence-corrected chi connectivity index (χ2v) is 19.1. The molecular formula is C26H38INO7Si. The third-order valence-corrected chi connectivity index (χ3v) is 9.83. The predicted molar refractivity (Wildman–Crippen MR) is 147 cm³/mol.